The van der Waals surface area contributed by atoms with Crippen molar-refractivity contribution in [3.8, 4) is 22.5 Å². The van der Waals surface area contributed by atoms with Crippen LogP contribution in [-0.4, -0.2) is 36.0 Å². The molecular weight excluding hydrogens is 479 g/mol. The molecule has 2 aromatic heterocycles. The van der Waals surface area contributed by atoms with Crippen LogP contribution in [0, 0.1) is 0 Å². The van der Waals surface area contributed by atoms with Gasteiger partial charge < -0.3 is 14.8 Å². The van der Waals surface area contributed by atoms with Crippen molar-refractivity contribution in [2.24, 2.45) is 0 Å². The maximum atomic E-state index is 12.3. The molecule has 1 unspecified atom stereocenters. The van der Waals surface area contributed by atoms with Crippen molar-refractivity contribution in [1.82, 2.24) is 30.2 Å². The molecule has 4 aromatic rings. The Bertz CT molecular complexity index is 1240. The Balaban J connectivity index is 0.00000324. The summed E-state index contributed by atoms with van der Waals surface area (Å²) >= 11 is 6.31. The number of aliphatic hydroxyl groups is 1. The van der Waals surface area contributed by atoms with Crippen molar-refractivity contribution >= 4 is 17.4 Å². The molecule has 0 aliphatic rings. The molecule has 0 amide bonds. The van der Waals surface area contributed by atoms with Crippen LogP contribution in [0.4, 0.5) is 0 Å². The molecule has 0 aliphatic heterocycles. The van der Waals surface area contributed by atoms with E-state index in [1.807, 2.05) is 60.0 Å². The van der Waals surface area contributed by atoms with Gasteiger partial charge in [0.2, 0.25) is 0 Å². The van der Waals surface area contributed by atoms with E-state index in [1.165, 1.54) is 0 Å². The first-order chi connectivity index (χ1) is 16.0. The molecule has 0 radical (unpaired) electrons. The number of nitrogens with zero attached hydrogens (tertiary/aromatic N) is 6. The third-order valence-corrected chi connectivity index (χ3v) is 5.98. The van der Waals surface area contributed by atoms with Crippen molar-refractivity contribution in [3.63, 3.8) is 0 Å². The van der Waals surface area contributed by atoms with E-state index in [1.54, 1.807) is 6.92 Å². The van der Waals surface area contributed by atoms with Crippen LogP contribution in [0.5, 0.6) is 0 Å². The van der Waals surface area contributed by atoms with Crippen molar-refractivity contribution in [1.29, 1.82) is 0 Å². The molecule has 2 aromatic carbocycles. The number of tetrazole rings is 1. The topological polar surface area (TPSA) is 108 Å². The molecule has 1 atom stereocenters. The van der Waals surface area contributed by atoms with Gasteiger partial charge in [0.15, 0.2) is 5.15 Å². The maximum Gasteiger partial charge on any atom is 1.00 e. The molecule has 1 N–H and O–H groups in total. The first-order valence-electron chi connectivity index (χ1n) is 10.8. The molecule has 170 valence electrons. The number of benzene rings is 2. The average molecular weight is 503 g/mol. The Kier molecular flexibility index (Phi) is 9.72. The van der Waals surface area contributed by atoms with Gasteiger partial charge in [-0.15, -0.1) is 0 Å². The zero-order valence-electron chi connectivity index (χ0n) is 19.4. The number of hydrogen-bond acceptors (Lipinski definition) is 6. The van der Waals surface area contributed by atoms with Gasteiger partial charge >= 0.3 is 51.4 Å². The maximum absolute atomic E-state index is 12.3. The average Bonchev–Trinajstić information content (AvgIpc) is 3.46. The summed E-state index contributed by atoms with van der Waals surface area (Å²) in [5, 5.41) is 25.3. The predicted molar refractivity (Wildman–Crippen MR) is 125 cm³/mol. The van der Waals surface area contributed by atoms with Gasteiger partial charge in [-0.05, 0) is 35.6 Å². The fourth-order valence-corrected chi connectivity index (χ4v) is 4.27. The summed E-state index contributed by atoms with van der Waals surface area (Å²) in [6.45, 7) is 3.79. The number of aromatic nitrogens is 6. The Morgan fingerprint density at radius 1 is 1.15 bits per heavy atom. The zero-order valence-corrected chi connectivity index (χ0v) is 23.3. The number of aliphatic hydroxyl groups excluding tert-OH is 1. The zero-order chi connectivity index (χ0) is 23.4. The largest absolute Gasteiger partial charge is 1.00 e. The standard InChI is InChI=1S/C24H24ClN6O2.K/c1-3-6-18(15(2)33)24-26-22(25)21(14-32)31(24)13-16-9-11-17(12-10-16)19-7-4-5-8-20(19)23-27-29-30-28-23;/h4-5,7-12,18,32H,3,6,13-14H2,1-2H3;/q-1;+1. The van der Waals surface area contributed by atoms with Crippen LogP contribution in [0.3, 0.4) is 0 Å². The SMILES string of the molecule is CCCC(C(C)=O)c1nc(Cl)c(CO)n1Cc1ccc(-c2ccccc2-c2nnn[n-]2)cc1.[K+]. The number of imidazole rings is 1. The molecule has 0 saturated carbocycles. The summed E-state index contributed by atoms with van der Waals surface area (Å²) in [5.41, 5.74) is 4.33. The number of ketones is 1. The van der Waals surface area contributed by atoms with Crippen LogP contribution < -0.4 is 56.5 Å². The molecule has 0 fully saturated rings. The Morgan fingerprint density at radius 3 is 2.44 bits per heavy atom. The van der Waals surface area contributed by atoms with Gasteiger partial charge in [0, 0.05) is 12.4 Å². The number of rotatable bonds is 9. The number of carbonyl (C=O) groups excluding carboxylic acids is 1. The first kappa shape index (κ1) is 26.9. The Labute approximate surface area is 245 Å². The minimum absolute atomic E-state index is 0. The summed E-state index contributed by atoms with van der Waals surface area (Å²) < 4.78 is 1.86. The molecule has 8 nitrogen and oxygen atoms in total. The van der Waals surface area contributed by atoms with E-state index in [9.17, 15) is 9.90 Å². The van der Waals surface area contributed by atoms with E-state index in [4.69, 9.17) is 11.6 Å². The summed E-state index contributed by atoms with van der Waals surface area (Å²) in [5.74, 6) is 0.757. The van der Waals surface area contributed by atoms with Crippen molar-refractivity contribution in [3.05, 3.63) is 70.8 Å². The fourth-order valence-electron chi connectivity index (χ4n) is 4.03. The predicted octanol–water partition coefficient (Wildman–Crippen LogP) is 1.03. The normalized spacial score (nSPS) is 11.8. The minimum Gasteiger partial charge on any atom is -0.390 e. The van der Waals surface area contributed by atoms with Crippen LogP contribution in [0.1, 0.15) is 49.7 Å². The number of Topliss-reactive ketones (excluding diaryl/α,β-unsaturated/α-hetero) is 1. The molecular formula is C24H24ClKN6O2. The summed E-state index contributed by atoms with van der Waals surface area (Å²) in [6.07, 6.45) is 1.52. The van der Waals surface area contributed by atoms with E-state index >= 15 is 0 Å². The smallest absolute Gasteiger partial charge is 0.390 e. The van der Waals surface area contributed by atoms with E-state index < -0.39 is 0 Å². The van der Waals surface area contributed by atoms with E-state index in [0.717, 1.165) is 28.7 Å². The molecule has 2 heterocycles. The van der Waals surface area contributed by atoms with Gasteiger partial charge in [-0.25, -0.2) is 4.98 Å². The van der Waals surface area contributed by atoms with Gasteiger partial charge in [0.25, 0.3) is 0 Å². The van der Waals surface area contributed by atoms with Crippen molar-refractivity contribution in [2.75, 3.05) is 0 Å². The fraction of sp³-hybridized carbons (Fsp3) is 0.292. The molecule has 0 bridgehead atoms. The molecule has 0 aliphatic carbocycles. The second-order valence-corrected chi connectivity index (χ2v) is 8.21. The Morgan fingerprint density at radius 2 is 1.85 bits per heavy atom. The van der Waals surface area contributed by atoms with Gasteiger partial charge in [0.05, 0.1) is 18.2 Å². The molecule has 0 spiro atoms. The summed E-state index contributed by atoms with van der Waals surface area (Å²) in [6, 6.07) is 15.9. The molecule has 10 heteroatoms. The number of hydrogen-bond donors (Lipinski definition) is 1. The summed E-state index contributed by atoms with van der Waals surface area (Å²) in [7, 11) is 0. The van der Waals surface area contributed by atoms with Crippen LogP contribution in [0.15, 0.2) is 48.5 Å². The first-order valence-corrected chi connectivity index (χ1v) is 11.1. The summed E-state index contributed by atoms with van der Waals surface area (Å²) in [4.78, 5) is 16.7. The van der Waals surface area contributed by atoms with Gasteiger partial charge in [0.1, 0.15) is 11.6 Å². The second kappa shape index (κ2) is 12.3. The Hall–Kier alpha value is -1.72. The van der Waals surface area contributed by atoms with Gasteiger partial charge in [-0.1, -0.05) is 73.5 Å². The van der Waals surface area contributed by atoms with Crippen LogP contribution in [-0.2, 0) is 17.9 Å². The van der Waals surface area contributed by atoms with E-state index in [0.29, 0.717) is 30.3 Å². The minimum atomic E-state index is -0.356. The van der Waals surface area contributed by atoms with E-state index in [-0.39, 0.29) is 74.8 Å². The third-order valence-electron chi connectivity index (χ3n) is 5.68. The molecule has 34 heavy (non-hydrogen) atoms. The quantitative estimate of drug-likeness (QED) is 0.340. The van der Waals surface area contributed by atoms with Crippen LogP contribution >= 0.6 is 11.6 Å². The third kappa shape index (κ3) is 5.73. The van der Waals surface area contributed by atoms with Gasteiger partial charge in [-0.2, -0.15) is 5.21 Å². The van der Waals surface area contributed by atoms with Crippen LogP contribution in [0.25, 0.3) is 22.5 Å². The molecule has 4 rings (SSSR count). The monoisotopic (exact) mass is 502 g/mol. The van der Waals surface area contributed by atoms with E-state index in [2.05, 4.69) is 25.6 Å². The van der Waals surface area contributed by atoms with Gasteiger partial charge in [-0.3, -0.25) is 15.1 Å². The second-order valence-electron chi connectivity index (χ2n) is 7.85. The number of carbonyl (C=O) groups is 1. The number of halogens is 1. The van der Waals surface area contributed by atoms with Crippen molar-refractivity contribution in [2.45, 2.75) is 45.8 Å². The molecule has 0 saturated heterocycles. The van der Waals surface area contributed by atoms with Crippen LogP contribution in [0.2, 0.25) is 5.15 Å². The van der Waals surface area contributed by atoms with Crippen molar-refractivity contribution < 1.29 is 61.3 Å².